The molecule has 2 aromatic heterocycles. The number of para-hydroxylation sites is 1. The lowest BCUT2D eigenvalue weighted by Crippen LogP contribution is -2.28. The molecule has 1 atom stereocenters. The standard InChI is InChI=1S/C28H30N4O5/c1-28(2,3)37-27(34)32-16-21(15-29-32)18-9-10-22-23(14-18)31(11-12-35-4)30-25(22)26(33)20-13-19-7-5-6-8-24(19)36-17-20/h5-10,14-16,20H,11-13,17H2,1-4H3. The van der Waals surface area contributed by atoms with E-state index in [0.29, 0.717) is 31.9 Å². The number of carbonyl (C=O) groups excluding carboxylic acids is 2. The van der Waals surface area contributed by atoms with Gasteiger partial charge in [-0.3, -0.25) is 9.48 Å². The molecule has 37 heavy (non-hydrogen) atoms. The largest absolute Gasteiger partial charge is 0.493 e. The molecule has 0 amide bonds. The lowest BCUT2D eigenvalue weighted by Gasteiger charge is -2.23. The lowest BCUT2D eigenvalue weighted by atomic mass is 9.91. The number of carbonyl (C=O) groups is 2. The van der Waals surface area contributed by atoms with Crippen LogP contribution in [-0.4, -0.2) is 57.4 Å². The molecule has 0 saturated carbocycles. The number of aromatic nitrogens is 4. The van der Waals surface area contributed by atoms with Crippen LogP contribution < -0.4 is 4.74 Å². The quantitative estimate of drug-likeness (QED) is 0.351. The van der Waals surface area contributed by atoms with E-state index < -0.39 is 11.7 Å². The van der Waals surface area contributed by atoms with Crippen molar-refractivity contribution in [3.05, 3.63) is 66.1 Å². The van der Waals surface area contributed by atoms with Crippen LogP contribution >= 0.6 is 0 Å². The number of nitrogens with zero attached hydrogens (tertiary/aromatic N) is 4. The van der Waals surface area contributed by atoms with Crippen LogP contribution in [0.1, 0.15) is 36.8 Å². The molecule has 2 aromatic carbocycles. The summed E-state index contributed by atoms with van der Waals surface area (Å²) in [5.74, 6) is 0.482. The first kappa shape index (κ1) is 24.7. The summed E-state index contributed by atoms with van der Waals surface area (Å²) in [6.45, 7) is 6.69. The fourth-order valence-corrected chi connectivity index (χ4v) is 4.45. The number of benzene rings is 2. The van der Waals surface area contributed by atoms with Gasteiger partial charge in [0, 0.05) is 24.3 Å². The maximum absolute atomic E-state index is 13.6. The molecule has 0 saturated heterocycles. The van der Waals surface area contributed by atoms with Crippen LogP contribution in [0.4, 0.5) is 4.79 Å². The molecule has 3 heterocycles. The molecule has 4 aromatic rings. The third kappa shape index (κ3) is 5.13. The molecule has 0 N–H and O–H groups in total. The minimum absolute atomic E-state index is 0.0406. The number of hydrogen-bond donors (Lipinski definition) is 0. The Bertz CT molecular complexity index is 1460. The van der Waals surface area contributed by atoms with E-state index in [2.05, 4.69) is 5.10 Å². The second-order valence-corrected chi connectivity index (χ2v) is 10.1. The van der Waals surface area contributed by atoms with Gasteiger partial charge in [-0.25, -0.2) is 4.79 Å². The van der Waals surface area contributed by atoms with Gasteiger partial charge in [0.25, 0.3) is 0 Å². The number of Topliss-reactive ketones (excluding diaryl/α,β-unsaturated/α-hetero) is 1. The average molecular weight is 503 g/mol. The van der Waals surface area contributed by atoms with Crippen LogP contribution in [0.5, 0.6) is 5.75 Å². The Morgan fingerprint density at radius 2 is 1.95 bits per heavy atom. The summed E-state index contributed by atoms with van der Waals surface area (Å²) in [4.78, 5) is 26.0. The Labute approximate surface area is 214 Å². The summed E-state index contributed by atoms with van der Waals surface area (Å²) in [6, 6.07) is 13.6. The van der Waals surface area contributed by atoms with Gasteiger partial charge in [0.2, 0.25) is 0 Å². The first-order valence-corrected chi connectivity index (χ1v) is 12.3. The van der Waals surface area contributed by atoms with Crippen molar-refractivity contribution in [3.63, 3.8) is 0 Å². The summed E-state index contributed by atoms with van der Waals surface area (Å²) >= 11 is 0. The van der Waals surface area contributed by atoms with E-state index in [1.807, 2.05) is 63.2 Å². The number of methoxy groups -OCH3 is 1. The third-order valence-corrected chi connectivity index (χ3v) is 6.24. The van der Waals surface area contributed by atoms with E-state index in [9.17, 15) is 9.59 Å². The summed E-state index contributed by atoms with van der Waals surface area (Å²) in [6.07, 6.45) is 3.32. The van der Waals surface area contributed by atoms with Gasteiger partial charge in [-0.15, -0.1) is 0 Å². The minimum Gasteiger partial charge on any atom is -0.493 e. The Morgan fingerprint density at radius 3 is 2.73 bits per heavy atom. The van der Waals surface area contributed by atoms with Gasteiger partial charge in [0.15, 0.2) is 5.78 Å². The second kappa shape index (κ2) is 9.82. The van der Waals surface area contributed by atoms with Crippen molar-refractivity contribution in [2.75, 3.05) is 20.3 Å². The topological polar surface area (TPSA) is 97.5 Å². The van der Waals surface area contributed by atoms with Crippen molar-refractivity contribution < 1.29 is 23.8 Å². The zero-order chi connectivity index (χ0) is 26.2. The van der Waals surface area contributed by atoms with Crippen molar-refractivity contribution in [2.24, 2.45) is 5.92 Å². The van der Waals surface area contributed by atoms with Crippen LogP contribution in [0.15, 0.2) is 54.9 Å². The molecule has 9 nitrogen and oxygen atoms in total. The first-order valence-electron chi connectivity index (χ1n) is 12.3. The number of ketones is 1. The first-order chi connectivity index (χ1) is 17.7. The van der Waals surface area contributed by atoms with E-state index in [1.165, 1.54) is 4.68 Å². The van der Waals surface area contributed by atoms with Crippen molar-refractivity contribution in [3.8, 4) is 16.9 Å². The Morgan fingerprint density at radius 1 is 1.14 bits per heavy atom. The maximum Gasteiger partial charge on any atom is 0.435 e. The number of ether oxygens (including phenoxy) is 3. The van der Waals surface area contributed by atoms with Crippen molar-refractivity contribution in [1.82, 2.24) is 19.6 Å². The smallest absolute Gasteiger partial charge is 0.435 e. The van der Waals surface area contributed by atoms with Crippen LogP contribution in [0.3, 0.4) is 0 Å². The molecule has 0 spiro atoms. The Balaban J connectivity index is 1.47. The van der Waals surface area contributed by atoms with E-state index in [1.54, 1.807) is 24.2 Å². The Kier molecular flexibility index (Phi) is 6.55. The fourth-order valence-electron chi connectivity index (χ4n) is 4.45. The summed E-state index contributed by atoms with van der Waals surface area (Å²) < 4.78 is 19.5. The van der Waals surface area contributed by atoms with Crippen molar-refractivity contribution in [1.29, 1.82) is 0 Å². The highest BCUT2D eigenvalue weighted by molar-refractivity contribution is 6.08. The lowest BCUT2D eigenvalue weighted by molar-refractivity contribution is 0.0514. The van der Waals surface area contributed by atoms with Crippen LogP contribution in [0, 0.1) is 5.92 Å². The highest BCUT2D eigenvalue weighted by Crippen LogP contribution is 2.32. The van der Waals surface area contributed by atoms with Crippen molar-refractivity contribution in [2.45, 2.75) is 39.3 Å². The van der Waals surface area contributed by atoms with Crippen LogP contribution in [-0.2, 0) is 22.4 Å². The van der Waals surface area contributed by atoms with Crippen molar-refractivity contribution >= 4 is 22.8 Å². The van der Waals surface area contributed by atoms with Gasteiger partial charge >= 0.3 is 6.09 Å². The molecule has 192 valence electrons. The number of hydrogen-bond acceptors (Lipinski definition) is 7. The van der Waals surface area contributed by atoms with Gasteiger partial charge in [-0.2, -0.15) is 14.9 Å². The molecule has 9 heteroatoms. The highest BCUT2D eigenvalue weighted by Gasteiger charge is 2.30. The SMILES string of the molecule is COCCn1nc(C(=O)C2COc3ccccc3C2)c2ccc(-c3cnn(C(=O)OC(C)(C)C)c3)cc21. The molecule has 0 radical (unpaired) electrons. The van der Waals surface area contributed by atoms with Crippen LogP contribution in [0.2, 0.25) is 0 Å². The molecule has 5 rings (SSSR count). The Hall–Kier alpha value is -3.98. The molecule has 1 unspecified atom stereocenters. The predicted molar refractivity (Wildman–Crippen MR) is 138 cm³/mol. The van der Waals surface area contributed by atoms with E-state index in [0.717, 1.165) is 33.3 Å². The third-order valence-electron chi connectivity index (χ3n) is 6.24. The van der Waals surface area contributed by atoms with Crippen LogP contribution in [0.25, 0.3) is 22.0 Å². The number of fused-ring (bicyclic) bond motifs is 2. The molecule has 1 aliphatic heterocycles. The van der Waals surface area contributed by atoms with Gasteiger partial charge in [0.05, 0.1) is 37.4 Å². The maximum atomic E-state index is 13.6. The minimum atomic E-state index is -0.621. The molecule has 0 fully saturated rings. The summed E-state index contributed by atoms with van der Waals surface area (Å²) in [7, 11) is 1.63. The van der Waals surface area contributed by atoms with Gasteiger partial charge in [-0.1, -0.05) is 24.3 Å². The molecule has 0 aliphatic carbocycles. The monoisotopic (exact) mass is 502 g/mol. The zero-order valence-electron chi connectivity index (χ0n) is 21.4. The fraction of sp³-hybridized carbons (Fsp3) is 0.357. The van der Waals surface area contributed by atoms with E-state index >= 15 is 0 Å². The molecular formula is C28H30N4O5. The average Bonchev–Trinajstić information content (AvgIpc) is 3.51. The molecular weight excluding hydrogens is 472 g/mol. The van der Waals surface area contributed by atoms with Gasteiger partial charge in [0.1, 0.15) is 17.0 Å². The highest BCUT2D eigenvalue weighted by atomic mass is 16.6. The summed E-state index contributed by atoms with van der Waals surface area (Å²) in [5, 5.41) is 9.64. The number of rotatable bonds is 6. The normalized spacial score (nSPS) is 15.3. The van der Waals surface area contributed by atoms with Gasteiger partial charge in [-0.05, 0) is 56.5 Å². The summed E-state index contributed by atoms with van der Waals surface area (Å²) in [5.41, 5.74) is 3.23. The molecule has 0 bridgehead atoms. The second-order valence-electron chi connectivity index (χ2n) is 10.1. The van der Waals surface area contributed by atoms with E-state index in [4.69, 9.17) is 19.3 Å². The zero-order valence-corrected chi connectivity index (χ0v) is 21.4. The van der Waals surface area contributed by atoms with Gasteiger partial charge < -0.3 is 14.2 Å². The molecule has 1 aliphatic rings. The van der Waals surface area contributed by atoms with E-state index in [-0.39, 0.29) is 11.7 Å². The predicted octanol–water partition coefficient (Wildman–Crippen LogP) is 4.76.